The molecular formula is C14H18N2O3. The van der Waals surface area contributed by atoms with Crippen molar-refractivity contribution >= 4 is 11.8 Å². The maximum atomic E-state index is 12.2. The van der Waals surface area contributed by atoms with Crippen molar-refractivity contribution in [1.29, 1.82) is 0 Å². The van der Waals surface area contributed by atoms with Gasteiger partial charge in [0.15, 0.2) is 6.23 Å². The van der Waals surface area contributed by atoms with E-state index in [1.165, 1.54) is 0 Å². The second kappa shape index (κ2) is 5.50. The van der Waals surface area contributed by atoms with Gasteiger partial charge in [-0.25, -0.2) is 4.90 Å². The van der Waals surface area contributed by atoms with Crippen LogP contribution in [0.5, 0.6) is 0 Å². The van der Waals surface area contributed by atoms with Crippen LogP contribution in [-0.4, -0.2) is 41.1 Å². The molecule has 0 aliphatic carbocycles. The molecule has 1 heterocycles. The smallest absolute Gasteiger partial charge is 0.263 e. The fourth-order valence-electron chi connectivity index (χ4n) is 2.38. The molecule has 1 aromatic carbocycles. The predicted molar refractivity (Wildman–Crippen MR) is 70.7 cm³/mol. The van der Waals surface area contributed by atoms with Gasteiger partial charge in [0, 0.05) is 0 Å². The van der Waals surface area contributed by atoms with E-state index in [1.54, 1.807) is 31.3 Å². The summed E-state index contributed by atoms with van der Waals surface area (Å²) < 4.78 is 0. The molecule has 2 N–H and O–H groups in total. The first-order chi connectivity index (χ1) is 9.11. The van der Waals surface area contributed by atoms with Crippen LogP contribution in [0, 0.1) is 0 Å². The second-order valence-electron chi connectivity index (χ2n) is 4.62. The summed E-state index contributed by atoms with van der Waals surface area (Å²) in [6.07, 6.45) is 0.397. The van der Waals surface area contributed by atoms with Crippen LogP contribution in [0.4, 0.5) is 0 Å². The number of hydrogen-bond acceptors (Lipinski definition) is 4. The van der Waals surface area contributed by atoms with Crippen molar-refractivity contribution < 1.29 is 14.7 Å². The third-order valence-electron chi connectivity index (χ3n) is 3.42. The van der Waals surface area contributed by atoms with Crippen LogP contribution in [0.2, 0.25) is 0 Å². The molecule has 0 fully saturated rings. The Labute approximate surface area is 112 Å². The quantitative estimate of drug-likeness (QED) is 0.776. The fraction of sp³-hybridized carbons (Fsp3) is 0.429. The monoisotopic (exact) mass is 262 g/mol. The molecule has 5 nitrogen and oxygen atoms in total. The van der Waals surface area contributed by atoms with Crippen LogP contribution in [0.1, 0.15) is 40.5 Å². The zero-order valence-corrected chi connectivity index (χ0v) is 11.1. The van der Waals surface area contributed by atoms with Gasteiger partial charge < -0.3 is 10.4 Å². The summed E-state index contributed by atoms with van der Waals surface area (Å²) in [5.74, 6) is -0.853. The minimum Gasteiger partial charge on any atom is -0.371 e. The largest absolute Gasteiger partial charge is 0.371 e. The van der Waals surface area contributed by atoms with Gasteiger partial charge in [-0.2, -0.15) is 0 Å². The van der Waals surface area contributed by atoms with Gasteiger partial charge >= 0.3 is 0 Å². The summed E-state index contributed by atoms with van der Waals surface area (Å²) in [6, 6.07) is 6.32. The number of imide groups is 1. The predicted octanol–water partition coefficient (Wildman–Crippen LogP) is 0.989. The number of nitrogens with one attached hydrogen (secondary N) is 1. The Kier molecular flexibility index (Phi) is 3.97. The SMILES string of the molecule is CCCC(NC)C(O)N1C(=O)c2ccccc2C1=O. The Balaban J connectivity index is 2.28. The van der Waals surface area contributed by atoms with Crippen molar-refractivity contribution in [1.82, 2.24) is 10.2 Å². The van der Waals surface area contributed by atoms with Gasteiger partial charge in [0.2, 0.25) is 0 Å². The van der Waals surface area contributed by atoms with E-state index in [-0.39, 0.29) is 6.04 Å². The zero-order valence-electron chi connectivity index (χ0n) is 11.1. The molecule has 2 amide bonds. The third kappa shape index (κ3) is 2.27. The Hall–Kier alpha value is -1.72. The van der Waals surface area contributed by atoms with E-state index in [2.05, 4.69) is 5.32 Å². The number of hydrogen-bond donors (Lipinski definition) is 2. The van der Waals surface area contributed by atoms with Gasteiger partial charge in [-0.05, 0) is 25.6 Å². The van der Waals surface area contributed by atoms with E-state index >= 15 is 0 Å². The molecular weight excluding hydrogens is 244 g/mol. The number of likely N-dealkylation sites (N-methyl/N-ethyl adjacent to an activating group) is 1. The van der Waals surface area contributed by atoms with E-state index in [1.807, 2.05) is 6.92 Å². The Morgan fingerprint density at radius 3 is 2.16 bits per heavy atom. The van der Waals surface area contributed by atoms with Gasteiger partial charge in [0.25, 0.3) is 11.8 Å². The van der Waals surface area contributed by atoms with Gasteiger partial charge in [-0.1, -0.05) is 25.5 Å². The molecule has 2 rings (SSSR count). The molecule has 1 aromatic rings. The highest BCUT2D eigenvalue weighted by molar-refractivity contribution is 6.21. The summed E-state index contributed by atoms with van der Waals surface area (Å²) >= 11 is 0. The lowest BCUT2D eigenvalue weighted by Crippen LogP contribution is -2.51. The van der Waals surface area contributed by atoms with Crippen molar-refractivity contribution in [3.63, 3.8) is 0 Å². The van der Waals surface area contributed by atoms with Gasteiger partial charge in [-0.15, -0.1) is 0 Å². The highest BCUT2D eigenvalue weighted by Gasteiger charge is 2.41. The molecule has 0 aromatic heterocycles. The van der Waals surface area contributed by atoms with Crippen molar-refractivity contribution in [2.75, 3.05) is 7.05 Å². The summed E-state index contributed by atoms with van der Waals surface area (Å²) in [5.41, 5.74) is 0.718. The molecule has 19 heavy (non-hydrogen) atoms. The number of aliphatic hydroxyl groups excluding tert-OH is 1. The standard InChI is InChI=1S/C14H18N2O3/c1-3-6-11(15-2)14(19)16-12(17)9-7-4-5-8-10(9)13(16)18/h4-5,7-8,11,14-15,19H,3,6H2,1-2H3. The first-order valence-corrected chi connectivity index (χ1v) is 6.44. The number of nitrogens with zero attached hydrogens (tertiary/aromatic N) is 1. The number of fused-ring (bicyclic) bond motifs is 1. The summed E-state index contributed by atoms with van der Waals surface area (Å²) in [7, 11) is 1.71. The number of amides is 2. The molecule has 1 aliphatic heterocycles. The average Bonchev–Trinajstić information content (AvgIpc) is 2.68. The number of carbonyl (C=O) groups excluding carboxylic acids is 2. The zero-order chi connectivity index (χ0) is 14.0. The number of rotatable bonds is 5. The van der Waals surface area contributed by atoms with Gasteiger partial charge in [0.1, 0.15) is 0 Å². The lowest BCUT2D eigenvalue weighted by Gasteiger charge is -2.28. The van der Waals surface area contributed by atoms with E-state index < -0.39 is 18.0 Å². The van der Waals surface area contributed by atoms with Gasteiger partial charge in [0.05, 0.1) is 17.2 Å². The minimum atomic E-state index is -1.14. The van der Waals surface area contributed by atoms with Crippen LogP contribution >= 0.6 is 0 Å². The molecule has 0 bridgehead atoms. The highest BCUT2D eigenvalue weighted by atomic mass is 16.3. The number of carbonyl (C=O) groups is 2. The lowest BCUT2D eigenvalue weighted by molar-refractivity contribution is -0.00349. The molecule has 102 valence electrons. The van der Waals surface area contributed by atoms with E-state index in [9.17, 15) is 14.7 Å². The molecule has 1 aliphatic rings. The molecule has 5 heteroatoms. The Morgan fingerprint density at radius 1 is 1.21 bits per heavy atom. The maximum absolute atomic E-state index is 12.2. The first kappa shape index (κ1) is 13.7. The highest BCUT2D eigenvalue weighted by Crippen LogP contribution is 2.25. The number of aliphatic hydroxyl groups is 1. The topological polar surface area (TPSA) is 69.6 Å². The molecule has 2 atom stereocenters. The molecule has 0 spiro atoms. The maximum Gasteiger partial charge on any atom is 0.263 e. The Morgan fingerprint density at radius 2 is 1.74 bits per heavy atom. The molecule has 2 unspecified atom stereocenters. The third-order valence-corrected chi connectivity index (χ3v) is 3.42. The van der Waals surface area contributed by atoms with Crippen LogP contribution in [0.3, 0.4) is 0 Å². The minimum absolute atomic E-state index is 0.313. The van der Waals surface area contributed by atoms with Crippen molar-refractivity contribution in [2.45, 2.75) is 32.0 Å². The van der Waals surface area contributed by atoms with E-state index in [0.717, 1.165) is 11.3 Å². The van der Waals surface area contributed by atoms with Crippen LogP contribution in [0.25, 0.3) is 0 Å². The second-order valence-corrected chi connectivity index (χ2v) is 4.62. The summed E-state index contributed by atoms with van der Waals surface area (Å²) in [6.45, 7) is 1.99. The van der Waals surface area contributed by atoms with E-state index in [0.29, 0.717) is 17.5 Å². The van der Waals surface area contributed by atoms with Crippen LogP contribution in [0.15, 0.2) is 24.3 Å². The normalized spacial score (nSPS) is 17.5. The average molecular weight is 262 g/mol. The van der Waals surface area contributed by atoms with Crippen molar-refractivity contribution in [3.8, 4) is 0 Å². The number of benzene rings is 1. The van der Waals surface area contributed by atoms with Crippen LogP contribution < -0.4 is 5.32 Å². The summed E-state index contributed by atoms with van der Waals surface area (Å²) in [4.78, 5) is 25.3. The van der Waals surface area contributed by atoms with Crippen molar-refractivity contribution in [3.05, 3.63) is 35.4 Å². The fourth-order valence-corrected chi connectivity index (χ4v) is 2.38. The van der Waals surface area contributed by atoms with Crippen molar-refractivity contribution in [2.24, 2.45) is 0 Å². The lowest BCUT2D eigenvalue weighted by atomic mass is 10.1. The molecule has 0 saturated carbocycles. The van der Waals surface area contributed by atoms with Crippen LogP contribution in [-0.2, 0) is 0 Å². The molecule has 0 saturated heterocycles. The first-order valence-electron chi connectivity index (χ1n) is 6.44. The summed E-state index contributed by atoms with van der Waals surface area (Å²) in [5, 5.41) is 13.2. The Bertz CT molecular complexity index is 466. The molecule has 0 radical (unpaired) electrons. The van der Waals surface area contributed by atoms with Gasteiger partial charge in [-0.3, -0.25) is 9.59 Å². The van der Waals surface area contributed by atoms with E-state index in [4.69, 9.17) is 0 Å².